The highest BCUT2D eigenvalue weighted by Gasteiger charge is 2.36. The highest BCUT2D eigenvalue weighted by molar-refractivity contribution is 6.06. The van der Waals surface area contributed by atoms with Gasteiger partial charge in [0.25, 0.3) is 5.91 Å². The van der Waals surface area contributed by atoms with Crippen molar-refractivity contribution in [3.8, 4) is 11.8 Å². The lowest BCUT2D eigenvalue weighted by molar-refractivity contribution is -0.135. The maximum absolute atomic E-state index is 16.1. The Morgan fingerprint density at radius 1 is 1.09 bits per heavy atom. The summed E-state index contributed by atoms with van der Waals surface area (Å²) in [7, 11) is 3.20. The number of alkyl halides is 1. The van der Waals surface area contributed by atoms with Crippen LogP contribution in [0.25, 0.3) is 21.9 Å². The molecule has 2 saturated heterocycles. The van der Waals surface area contributed by atoms with Crippen LogP contribution in [0.1, 0.15) is 84.4 Å². The number of hydrogen-bond acceptors (Lipinski definition) is 9. The molecule has 0 radical (unpaired) electrons. The summed E-state index contributed by atoms with van der Waals surface area (Å²) in [4.78, 5) is 57.1. The predicted molar refractivity (Wildman–Crippen MR) is 201 cm³/mol. The van der Waals surface area contributed by atoms with Crippen LogP contribution >= 0.6 is 0 Å². The molecule has 15 heteroatoms. The fourth-order valence-electron chi connectivity index (χ4n) is 8.78. The third kappa shape index (κ3) is 6.86. The first-order chi connectivity index (χ1) is 26.6. The Morgan fingerprint density at radius 3 is 2.65 bits per heavy atom. The van der Waals surface area contributed by atoms with E-state index in [-0.39, 0.29) is 42.0 Å². The average molecular weight is 748 g/mol. The van der Waals surface area contributed by atoms with Crippen molar-refractivity contribution in [2.75, 3.05) is 32.1 Å². The second kappa shape index (κ2) is 14.7. The van der Waals surface area contributed by atoms with E-state index in [0.717, 1.165) is 55.2 Å². The van der Waals surface area contributed by atoms with Crippen LogP contribution in [0.4, 0.5) is 10.1 Å². The summed E-state index contributed by atoms with van der Waals surface area (Å²) in [6.45, 7) is 1.88. The molecule has 3 amide bonds. The Kier molecular flexibility index (Phi) is 9.68. The standard InChI is InChI=1S/C40H42FN9O5/c1-47-37-29(4-3-5-33(37)50(40(47)54)34-10-11-36(51)45-39(34)53)28-12-13-48(22-30(28)41)20-23-6-8-27(9-7-23)49-21-26-15-32(35(55-2)16-31(26)46-49)44-38(52)25-14-24(17-42)18-43-19-25/h3-5,14-16,18-19,21,23,27-28,30,34H,6-13,20,22H2,1-2H3,(H,44,52)(H,45,51,53)/t23?,27?,28-,30+,34?/m0/s1. The number of benzene rings is 2. The molecule has 3 fully saturated rings. The molecule has 3 aliphatic rings. The van der Waals surface area contributed by atoms with Gasteiger partial charge in [0.15, 0.2) is 0 Å². The zero-order valence-electron chi connectivity index (χ0n) is 30.7. The SMILES string of the molecule is COc1cc2nn(C3CCC(CN4CC[C@@H](c5cccc6c5n(C)c(=O)n6C5CCC(=O)NC5=O)[C@H](F)C4)CC3)cc2cc1NC(=O)c1cncc(C#N)c1. The van der Waals surface area contributed by atoms with Gasteiger partial charge in [-0.1, -0.05) is 12.1 Å². The smallest absolute Gasteiger partial charge is 0.329 e. The number of fused-ring (bicyclic) bond motifs is 2. The first kappa shape index (κ1) is 36.1. The predicted octanol–water partition coefficient (Wildman–Crippen LogP) is 4.75. The molecule has 14 nitrogen and oxygen atoms in total. The Morgan fingerprint density at radius 2 is 1.91 bits per heavy atom. The van der Waals surface area contributed by atoms with Crippen LogP contribution in [0.5, 0.6) is 5.75 Å². The number of para-hydroxylation sites is 1. The molecule has 0 bridgehead atoms. The number of methoxy groups -OCH3 is 1. The van der Waals surface area contributed by atoms with Crippen LogP contribution in [0.15, 0.2) is 59.8 Å². The molecule has 3 atom stereocenters. The third-order valence-corrected chi connectivity index (χ3v) is 11.6. The van der Waals surface area contributed by atoms with Crippen LogP contribution in [0, 0.1) is 17.2 Å². The van der Waals surface area contributed by atoms with Crippen molar-refractivity contribution in [2.45, 2.75) is 69.1 Å². The van der Waals surface area contributed by atoms with Crippen molar-refractivity contribution < 1.29 is 23.5 Å². The van der Waals surface area contributed by atoms with Gasteiger partial charge in [0, 0.05) is 62.5 Å². The minimum absolute atomic E-state index is 0.159. The van der Waals surface area contributed by atoms with Crippen molar-refractivity contribution in [3.05, 3.63) is 82.2 Å². The number of imidazole rings is 1. The third-order valence-electron chi connectivity index (χ3n) is 11.6. The molecule has 2 aromatic carbocycles. The van der Waals surface area contributed by atoms with Gasteiger partial charge in [-0.2, -0.15) is 10.4 Å². The van der Waals surface area contributed by atoms with Gasteiger partial charge in [0.1, 0.15) is 24.0 Å². The number of rotatable bonds is 8. The summed E-state index contributed by atoms with van der Waals surface area (Å²) in [5.41, 5.74) is 3.46. The first-order valence-electron chi connectivity index (χ1n) is 18.7. The molecule has 5 aromatic rings. The van der Waals surface area contributed by atoms with Crippen molar-refractivity contribution in [1.29, 1.82) is 5.26 Å². The minimum Gasteiger partial charge on any atom is -0.494 e. The zero-order chi connectivity index (χ0) is 38.4. The van der Waals surface area contributed by atoms with Gasteiger partial charge in [-0.3, -0.25) is 38.5 Å². The molecule has 55 heavy (non-hydrogen) atoms. The number of aryl methyl sites for hydroxylation is 1. The number of carbonyl (C=O) groups excluding carboxylic acids is 3. The highest BCUT2D eigenvalue weighted by Crippen LogP contribution is 2.39. The monoisotopic (exact) mass is 747 g/mol. The van der Waals surface area contributed by atoms with Crippen molar-refractivity contribution in [1.82, 2.24) is 34.1 Å². The topological polar surface area (TPSA) is 169 Å². The number of ether oxygens (including phenoxy) is 1. The average Bonchev–Trinajstić information content (AvgIpc) is 3.72. The maximum atomic E-state index is 16.1. The van der Waals surface area contributed by atoms with E-state index in [1.165, 1.54) is 34.7 Å². The second-order valence-electron chi connectivity index (χ2n) is 15.0. The highest BCUT2D eigenvalue weighted by atomic mass is 19.1. The lowest BCUT2D eigenvalue weighted by atomic mass is 9.83. The van der Waals surface area contributed by atoms with Gasteiger partial charge in [0.05, 0.1) is 46.5 Å². The minimum atomic E-state index is -1.12. The number of nitrogens with one attached hydrogen (secondary N) is 2. The first-order valence-corrected chi connectivity index (χ1v) is 18.7. The number of halogens is 1. The number of amides is 3. The lowest BCUT2D eigenvalue weighted by Crippen LogP contribution is -2.44. The van der Waals surface area contributed by atoms with Crippen LogP contribution in [-0.4, -0.2) is 79.4 Å². The fraction of sp³-hybridized carbons (Fsp3) is 0.425. The Bertz CT molecular complexity index is 2420. The number of piperidine rings is 2. The number of nitrogens with zero attached hydrogens (tertiary/aromatic N) is 7. The second-order valence-corrected chi connectivity index (χ2v) is 15.0. The molecule has 2 aliphatic heterocycles. The van der Waals surface area contributed by atoms with Gasteiger partial charge < -0.3 is 15.0 Å². The van der Waals surface area contributed by atoms with E-state index in [4.69, 9.17) is 9.84 Å². The maximum Gasteiger partial charge on any atom is 0.329 e. The lowest BCUT2D eigenvalue weighted by Gasteiger charge is -2.38. The Hall–Kier alpha value is -5.88. The molecular weight excluding hydrogens is 705 g/mol. The molecule has 0 spiro atoms. The van der Waals surface area contributed by atoms with E-state index in [0.29, 0.717) is 46.9 Å². The summed E-state index contributed by atoms with van der Waals surface area (Å²) in [5, 5.41) is 20.1. The zero-order valence-corrected chi connectivity index (χ0v) is 30.7. The van der Waals surface area contributed by atoms with E-state index in [1.807, 2.05) is 41.2 Å². The van der Waals surface area contributed by atoms with E-state index in [9.17, 15) is 24.4 Å². The number of likely N-dealkylation sites (tertiary alicyclic amines) is 1. The molecule has 1 unspecified atom stereocenters. The molecule has 1 saturated carbocycles. The van der Waals surface area contributed by atoms with Gasteiger partial charge in [-0.25, -0.2) is 9.18 Å². The number of carbonyl (C=O) groups is 3. The van der Waals surface area contributed by atoms with Crippen molar-refractivity contribution >= 4 is 45.3 Å². The summed E-state index contributed by atoms with van der Waals surface area (Å²) in [6, 6.07) is 12.1. The molecular formula is C40H42FN9O5. The van der Waals surface area contributed by atoms with E-state index < -0.39 is 24.0 Å². The Labute approximate surface area is 315 Å². The van der Waals surface area contributed by atoms with Crippen molar-refractivity contribution in [3.63, 3.8) is 0 Å². The number of anilines is 1. The van der Waals surface area contributed by atoms with Gasteiger partial charge in [-0.15, -0.1) is 0 Å². The number of aromatic nitrogens is 5. The van der Waals surface area contributed by atoms with Gasteiger partial charge in [-0.05, 0) is 74.8 Å². The van der Waals surface area contributed by atoms with Crippen molar-refractivity contribution in [2.24, 2.45) is 13.0 Å². The number of nitriles is 1. The van der Waals surface area contributed by atoms with Crippen LogP contribution in [0.3, 0.4) is 0 Å². The van der Waals surface area contributed by atoms with E-state index >= 15 is 4.39 Å². The quantitative estimate of drug-likeness (QED) is 0.213. The largest absolute Gasteiger partial charge is 0.494 e. The number of hydrogen-bond donors (Lipinski definition) is 2. The normalized spacial score (nSPS) is 23.4. The summed E-state index contributed by atoms with van der Waals surface area (Å²) < 4.78 is 26.7. The molecule has 3 aromatic heterocycles. The molecule has 8 rings (SSSR count). The molecule has 1 aliphatic carbocycles. The number of pyridine rings is 1. The van der Waals surface area contributed by atoms with E-state index in [1.54, 1.807) is 13.1 Å². The van der Waals surface area contributed by atoms with Gasteiger partial charge in [0.2, 0.25) is 11.8 Å². The summed E-state index contributed by atoms with van der Waals surface area (Å²) >= 11 is 0. The number of imide groups is 1. The fourth-order valence-corrected chi connectivity index (χ4v) is 8.78. The van der Waals surface area contributed by atoms with Gasteiger partial charge >= 0.3 is 5.69 Å². The molecule has 5 heterocycles. The summed E-state index contributed by atoms with van der Waals surface area (Å²) in [6.07, 6.45) is 8.58. The van der Waals surface area contributed by atoms with Crippen LogP contribution in [0.2, 0.25) is 0 Å². The van der Waals surface area contributed by atoms with Crippen LogP contribution in [-0.2, 0) is 16.6 Å². The molecule has 2 N–H and O–H groups in total. The summed E-state index contributed by atoms with van der Waals surface area (Å²) in [5.74, 6) is -0.706. The van der Waals surface area contributed by atoms with Crippen LogP contribution < -0.4 is 21.1 Å². The molecule has 284 valence electrons. The Balaban J connectivity index is 0.895. The van der Waals surface area contributed by atoms with E-state index in [2.05, 4.69) is 20.5 Å².